The predicted molar refractivity (Wildman–Crippen MR) is 99.2 cm³/mol. The first kappa shape index (κ1) is 16.4. The molecule has 0 saturated carbocycles. The Balaban J connectivity index is 1.58. The van der Waals surface area contributed by atoms with Crippen molar-refractivity contribution in [2.24, 2.45) is 0 Å². The van der Waals surface area contributed by atoms with E-state index in [-0.39, 0.29) is 0 Å². The Bertz CT molecular complexity index is 995. The highest BCUT2D eigenvalue weighted by Gasteiger charge is 2.28. The summed E-state index contributed by atoms with van der Waals surface area (Å²) in [5.74, 6) is 2.90. The zero-order chi connectivity index (χ0) is 18.4. The average molecular weight is 366 g/mol. The first-order valence-electron chi connectivity index (χ1n) is 9.29. The molecule has 1 fully saturated rings. The van der Waals surface area contributed by atoms with Gasteiger partial charge in [-0.05, 0) is 25.0 Å². The molecular weight excluding hydrogens is 344 g/mol. The Hall–Kier alpha value is -2.74. The minimum Gasteiger partial charge on any atom is -0.495 e. The molecule has 5 rings (SSSR count). The second-order valence-corrected chi connectivity index (χ2v) is 7.10. The lowest BCUT2D eigenvalue weighted by Crippen LogP contribution is -2.32. The van der Waals surface area contributed by atoms with Gasteiger partial charge in [0.25, 0.3) is 0 Å². The molecule has 27 heavy (non-hydrogen) atoms. The van der Waals surface area contributed by atoms with Crippen molar-refractivity contribution in [1.29, 1.82) is 0 Å². The summed E-state index contributed by atoms with van der Waals surface area (Å²) in [7, 11) is 1.67. The molecule has 0 bridgehead atoms. The van der Waals surface area contributed by atoms with E-state index in [2.05, 4.69) is 26.0 Å². The van der Waals surface area contributed by atoms with Crippen molar-refractivity contribution in [3.05, 3.63) is 41.4 Å². The van der Waals surface area contributed by atoms with Crippen LogP contribution in [0.3, 0.4) is 0 Å². The number of imidazole rings is 1. The Morgan fingerprint density at radius 3 is 3.04 bits per heavy atom. The number of aromatic nitrogens is 5. The van der Waals surface area contributed by atoms with Gasteiger partial charge in [-0.3, -0.25) is 4.98 Å². The number of pyridine rings is 1. The van der Waals surface area contributed by atoms with E-state index in [1.54, 1.807) is 19.6 Å². The SMILES string of the molecule is COc1cnc2c(c1)CN(c1ncnn3c(C)nc([C@@H]4CCOC4)c13)CC2. The summed E-state index contributed by atoms with van der Waals surface area (Å²) in [4.78, 5) is 16.3. The topological polar surface area (TPSA) is 77.7 Å². The smallest absolute Gasteiger partial charge is 0.158 e. The van der Waals surface area contributed by atoms with Crippen molar-refractivity contribution in [2.75, 3.05) is 31.8 Å². The van der Waals surface area contributed by atoms with E-state index < -0.39 is 0 Å². The third-order valence-corrected chi connectivity index (χ3v) is 5.47. The Morgan fingerprint density at radius 1 is 1.30 bits per heavy atom. The van der Waals surface area contributed by atoms with E-state index in [0.717, 1.165) is 66.8 Å². The standard InChI is InChI=1S/C19H22N6O2/c1-12-23-17(13-4-6-27-10-13)18-19(21-11-22-25(12)18)24-5-3-16-14(9-24)7-15(26-2)8-20-16/h7-8,11,13H,3-6,9-10H2,1-2H3/t13-/m1/s1. The molecule has 0 unspecified atom stereocenters. The molecular formula is C19H22N6O2. The minimum absolute atomic E-state index is 0.303. The zero-order valence-electron chi connectivity index (χ0n) is 15.6. The fourth-order valence-electron chi connectivity index (χ4n) is 4.05. The largest absolute Gasteiger partial charge is 0.495 e. The lowest BCUT2D eigenvalue weighted by atomic mass is 10.0. The molecule has 0 radical (unpaired) electrons. The van der Waals surface area contributed by atoms with Crippen LogP contribution in [-0.4, -0.2) is 51.4 Å². The van der Waals surface area contributed by atoms with Crippen molar-refractivity contribution in [2.45, 2.75) is 32.2 Å². The van der Waals surface area contributed by atoms with Crippen molar-refractivity contribution >= 4 is 11.3 Å². The fourth-order valence-corrected chi connectivity index (χ4v) is 4.05. The summed E-state index contributed by atoms with van der Waals surface area (Å²) in [6, 6.07) is 2.07. The maximum absolute atomic E-state index is 5.60. The number of aryl methyl sites for hydroxylation is 1. The van der Waals surface area contributed by atoms with Crippen LogP contribution in [0.1, 0.15) is 35.1 Å². The lowest BCUT2D eigenvalue weighted by Gasteiger charge is -2.29. The molecule has 1 atom stereocenters. The number of fused-ring (bicyclic) bond motifs is 2. The Kier molecular flexibility index (Phi) is 3.93. The van der Waals surface area contributed by atoms with Gasteiger partial charge < -0.3 is 14.4 Å². The van der Waals surface area contributed by atoms with E-state index in [9.17, 15) is 0 Å². The van der Waals surface area contributed by atoms with Crippen LogP contribution in [0.5, 0.6) is 5.75 Å². The van der Waals surface area contributed by atoms with Crippen molar-refractivity contribution < 1.29 is 9.47 Å². The first-order chi connectivity index (χ1) is 13.2. The van der Waals surface area contributed by atoms with Gasteiger partial charge in [0.1, 0.15) is 23.4 Å². The lowest BCUT2D eigenvalue weighted by molar-refractivity contribution is 0.193. The van der Waals surface area contributed by atoms with Crippen molar-refractivity contribution in [3.63, 3.8) is 0 Å². The molecule has 140 valence electrons. The van der Waals surface area contributed by atoms with E-state index in [0.29, 0.717) is 12.5 Å². The number of hydrogen-bond acceptors (Lipinski definition) is 7. The molecule has 2 aliphatic heterocycles. The highest BCUT2D eigenvalue weighted by molar-refractivity contribution is 5.73. The molecule has 3 aromatic heterocycles. The van der Waals surface area contributed by atoms with Gasteiger partial charge in [0, 0.05) is 37.7 Å². The van der Waals surface area contributed by atoms with Gasteiger partial charge in [-0.25, -0.2) is 14.5 Å². The molecule has 2 aliphatic rings. The summed E-state index contributed by atoms with van der Waals surface area (Å²) in [5, 5.41) is 4.44. The Morgan fingerprint density at radius 2 is 2.22 bits per heavy atom. The third kappa shape index (κ3) is 2.71. The van der Waals surface area contributed by atoms with Crippen LogP contribution in [0.25, 0.3) is 5.52 Å². The summed E-state index contributed by atoms with van der Waals surface area (Å²) >= 11 is 0. The quantitative estimate of drug-likeness (QED) is 0.700. The third-order valence-electron chi connectivity index (χ3n) is 5.47. The van der Waals surface area contributed by atoms with Crippen LogP contribution in [0.4, 0.5) is 5.82 Å². The highest BCUT2D eigenvalue weighted by Crippen LogP contribution is 2.34. The van der Waals surface area contributed by atoms with Crippen LogP contribution in [0.15, 0.2) is 18.6 Å². The summed E-state index contributed by atoms with van der Waals surface area (Å²) < 4.78 is 12.9. The second kappa shape index (κ2) is 6.45. The maximum atomic E-state index is 5.60. The highest BCUT2D eigenvalue weighted by atomic mass is 16.5. The molecule has 0 aromatic carbocycles. The number of methoxy groups -OCH3 is 1. The van der Waals surface area contributed by atoms with Crippen LogP contribution in [0.2, 0.25) is 0 Å². The number of ether oxygens (including phenoxy) is 2. The van der Waals surface area contributed by atoms with Gasteiger partial charge in [0.05, 0.1) is 25.6 Å². The van der Waals surface area contributed by atoms with Gasteiger partial charge >= 0.3 is 0 Å². The molecule has 0 spiro atoms. The Labute approximate surface area is 157 Å². The molecule has 1 saturated heterocycles. The summed E-state index contributed by atoms with van der Waals surface area (Å²) in [6.07, 6.45) is 5.27. The number of nitrogens with zero attached hydrogens (tertiary/aromatic N) is 6. The number of anilines is 1. The summed E-state index contributed by atoms with van der Waals surface area (Å²) in [6.45, 7) is 5.10. The molecule has 5 heterocycles. The minimum atomic E-state index is 0.303. The molecule has 8 heteroatoms. The van der Waals surface area contributed by atoms with Crippen LogP contribution < -0.4 is 9.64 Å². The van der Waals surface area contributed by atoms with Crippen LogP contribution in [-0.2, 0) is 17.7 Å². The van der Waals surface area contributed by atoms with Crippen molar-refractivity contribution in [3.8, 4) is 5.75 Å². The van der Waals surface area contributed by atoms with E-state index in [1.807, 2.05) is 11.4 Å². The first-order valence-corrected chi connectivity index (χ1v) is 9.29. The summed E-state index contributed by atoms with van der Waals surface area (Å²) in [5.41, 5.74) is 4.37. The normalized spacial score (nSPS) is 19.5. The van der Waals surface area contributed by atoms with Gasteiger partial charge in [-0.2, -0.15) is 5.10 Å². The maximum Gasteiger partial charge on any atom is 0.158 e. The molecule has 8 nitrogen and oxygen atoms in total. The predicted octanol–water partition coefficient (Wildman–Crippen LogP) is 1.90. The van der Waals surface area contributed by atoms with E-state index in [1.165, 1.54) is 5.56 Å². The molecule has 3 aromatic rings. The molecule has 0 amide bonds. The van der Waals surface area contributed by atoms with Crippen LogP contribution in [0, 0.1) is 6.92 Å². The second-order valence-electron chi connectivity index (χ2n) is 7.10. The van der Waals surface area contributed by atoms with Gasteiger partial charge in [0.2, 0.25) is 0 Å². The van der Waals surface area contributed by atoms with E-state index >= 15 is 0 Å². The number of rotatable bonds is 3. The van der Waals surface area contributed by atoms with Crippen LogP contribution >= 0.6 is 0 Å². The number of hydrogen-bond donors (Lipinski definition) is 0. The van der Waals surface area contributed by atoms with Gasteiger partial charge in [-0.1, -0.05) is 0 Å². The zero-order valence-corrected chi connectivity index (χ0v) is 15.6. The molecule has 0 aliphatic carbocycles. The fraction of sp³-hybridized carbons (Fsp3) is 0.474. The van der Waals surface area contributed by atoms with E-state index in [4.69, 9.17) is 14.5 Å². The van der Waals surface area contributed by atoms with Gasteiger partial charge in [0.15, 0.2) is 5.82 Å². The monoisotopic (exact) mass is 366 g/mol. The molecule has 0 N–H and O–H groups in total. The average Bonchev–Trinajstić information content (AvgIpc) is 3.35. The van der Waals surface area contributed by atoms with Gasteiger partial charge in [-0.15, -0.1) is 0 Å². The van der Waals surface area contributed by atoms with Crippen molar-refractivity contribution in [1.82, 2.24) is 24.6 Å².